The van der Waals surface area contributed by atoms with E-state index in [2.05, 4.69) is 9.97 Å². The van der Waals surface area contributed by atoms with Gasteiger partial charge in [-0.25, -0.2) is 14.8 Å². The molecule has 1 fully saturated rings. The van der Waals surface area contributed by atoms with Crippen molar-refractivity contribution in [2.75, 3.05) is 13.1 Å². The minimum absolute atomic E-state index is 0.0416. The molecule has 1 aliphatic rings. The van der Waals surface area contributed by atoms with Crippen molar-refractivity contribution in [2.45, 2.75) is 52.2 Å². The fraction of sp³-hybridized carbons (Fsp3) is 0.556. The number of hydrogen-bond acceptors (Lipinski definition) is 5. The van der Waals surface area contributed by atoms with Gasteiger partial charge in [-0.15, -0.1) is 0 Å². The first-order valence-corrected chi connectivity index (χ1v) is 8.58. The molecule has 2 aromatic rings. The van der Waals surface area contributed by atoms with Crippen molar-refractivity contribution in [1.82, 2.24) is 19.4 Å². The van der Waals surface area contributed by atoms with Crippen LogP contribution < -0.4 is 0 Å². The zero-order valence-electron chi connectivity index (χ0n) is 15.2. The van der Waals surface area contributed by atoms with Crippen molar-refractivity contribution in [1.29, 1.82) is 0 Å². The molecule has 0 aliphatic carbocycles. The van der Waals surface area contributed by atoms with Gasteiger partial charge in [0, 0.05) is 26.2 Å². The maximum Gasteiger partial charge on any atom is 0.410 e. The summed E-state index contributed by atoms with van der Waals surface area (Å²) in [5.41, 5.74) is 0.850. The SMILES string of the molecule is CC(=O)c1nc2cccnc2n1[C@H]1CCCN(C(=O)OC(C)(C)C)C1. The lowest BCUT2D eigenvalue weighted by Gasteiger charge is -2.35. The normalized spacial score (nSPS) is 18.4. The van der Waals surface area contributed by atoms with Gasteiger partial charge in [0.1, 0.15) is 11.1 Å². The number of aromatic nitrogens is 3. The first kappa shape index (κ1) is 17.4. The zero-order chi connectivity index (χ0) is 18.2. The summed E-state index contributed by atoms with van der Waals surface area (Å²) in [4.78, 5) is 35.0. The van der Waals surface area contributed by atoms with Gasteiger partial charge in [-0.3, -0.25) is 4.79 Å². The van der Waals surface area contributed by atoms with Gasteiger partial charge in [-0.05, 0) is 45.7 Å². The predicted octanol–water partition coefficient (Wildman–Crippen LogP) is 3.21. The fourth-order valence-electron chi connectivity index (χ4n) is 3.18. The van der Waals surface area contributed by atoms with Crippen LogP contribution in [0, 0.1) is 0 Å². The van der Waals surface area contributed by atoms with Gasteiger partial charge in [0.25, 0.3) is 0 Å². The summed E-state index contributed by atoms with van der Waals surface area (Å²) in [5, 5.41) is 0. The van der Waals surface area contributed by atoms with Crippen molar-refractivity contribution in [2.24, 2.45) is 0 Å². The molecule has 3 heterocycles. The number of pyridine rings is 1. The molecule has 2 aromatic heterocycles. The Kier molecular flexibility index (Phi) is 4.49. The minimum Gasteiger partial charge on any atom is -0.444 e. The van der Waals surface area contributed by atoms with Gasteiger partial charge < -0.3 is 14.2 Å². The van der Waals surface area contributed by atoms with E-state index in [9.17, 15) is 9.59 Å². The molecule has 3 rings (SSSR count). The lowest BCUT2D eigenvalue weighted by Crippen LogP contribution is -2.43. The van der Waals surface area contributed by atoms with Crippen LogP contribution in [-0.4, -0.2) is 50.0 Å². The van der Waals surface area contributed by atoms with E-state index in [4.69, 9.17) is 4.74 Å². The Balaban J connectivity index is 1.91. The van der Waals surface area contributed by atoms with Gasteiger partial charge in [0.15, 0.2) is 17.3 Å². The summed E-state index contributed by atoms with van der Waals surface area (Å²) in [5.74, 6) is 0.289. The Labute approximate surface area is 147 Å². The number of piperidine rings is 1. The summed E-state index contributed by atoms with van der Waals surface area (Å²) in [6.07, 6.45) is 3.08. The van der Waals surface area contributed by atoms with Crippen LogP contribution in [0.15, 0.2) is 18.3 Å². The van der Waals surface area contributed by atoms with E-state index in [1.54, 1.807) is 17.2 Å². The lowest BCUT2D eigenvalue weighted by atomic mass is 10.1. The van der Waals surface area contributed by atoms with E-state index >= 15 is 0 Å². The highest BCUT2D eigenvalue weighted by atomic mass is 16.6. The van der Waals surface area contributed by atoms with Crippen LogP contribution >= 0.6 is 0 Å². The lowest BCUT2D eigenvalue weighted by molar-refractivity contribution is 0.0173. The average molecular weight is 344 g/mol. The molecule has 7 heteroatoms. The molecule has 0 saturated carbocycles. The van der Waals surface area contributed by atoms with E-state index in [1.807, 2.05) is 31.4 Å². The van der Waals surface area contributed by atoms with Crippen LogP contribution in [0.2, 0.25) is 0 Å². The molecule has 1 saturated heterocycles. The van der Waals surface area contributed by atoms with Gasteiger partial charge in [0.05, 0.1) is 6.04 Å². The monoisotopic (exact) mass is 344 g/mol. The Hall–Kier alpha value is -2.44. The van der Waals surface area contributed by atoms with E-state index in [-0.39, 0.29) is 17.9 Å². The maximum atomic E-state index is 12.4. The van der Waals surface area contributed by atoms with Gasteiger partial charge in [-0.2, -0.15) is 0 Å². The molecule has 1 amide bonds. The van der Waals surface area contributed by atoms with Crippen LogP contribution in [-0.2, 0) is 4.74 Å². The number of fused-ring (bicyclic) bond motifs is 1. The molecule has 0 aromatic carbocycles. The molecular weight excluding hydrogens is 320 g/mol. The fourth-order valence-corrected chi connectivity index (χ4v) is 3.18. The summed E-state index contributed by atoms with van der Waals surface area (Å²) in [6, 6.07) is 3.61. The van der Waals surface area contributed by atoms with E-state index in [1.165, 1.54) is 6.92 Å². The molecule has 0 N–H and O–H groups in total. The number of amides is 1. The molecule has 1 atom stereocenters. The molecule has 0 unspecified atom stereocenters. The van der Waals surface area contributed by atoms with Crippen molar-refractivity contribution >= 4 is 23.0 Å². The van der Waals surface area contributed by atoms with Crippen molar-refractivity contribution in [3.05, 3.63) is 24.2 Å². The predicted molar refractivity (Wildman–Crippen MR) is 93.6 cm³/mol. The minimum atomic E-state index is -0.530. The first-order chi connectivity index (χ1) is 11.8. The standard InChI is InChI=1S/C18H24N4O3/c1-12(23)15-20-14-8-5-9-19-16(14)22(15)13-7-6-10-21(11-13)17(24)25-18(2,3)4/h5,8-9,13H,6-7,10-11H2,1-4H3/t13-/m0/s1. The number of carbonyl (C=O) groups is 2. The summed E-state index contributed by atoms with van der Waals surface area (Å²) in [7, 11) is 0. The van der Waals surface area contributed by atoms with E-state index < -0.39 is 5.60 Å². The van der Waals surface area contributed by atoms with Crippen LogP contribution in [0.5, 0.6) is 0 Å². The number of nitrogens with zero attached hydrogens (tertiary/aromatic N) is 4. The number of ketones is 1. The summed E-state index contributed by atoms with van der Waals surface area (Å²) >= 11 is 0. The molecular formula is C18H24N4O3. The molecule has 134 valence electrons. The Morgan fingerprint density at radius 3 is 2.76 bits per heavy atom. The number of hydrogen-bond donors (Lipinski definition) is 0. The van der Waals surface area contributed by atoms with Gasteiger partial charge in [-0.1, -0.05) is 0 Å². The Morgan fingerprint density at radius 1 is 1.32 bits per heavy atom. The van der Waals surface area contributed by atoms with Crippen LogP contribution in [0.25, 0.3) is 11.2 Å². The van der Waals surface area contributed by atoms with Crippen LogP contribution in [0.3, 0.4) is 0 Å². The number of Topliss-reactive ketones (excluding diaryl/α,β-unsaturated/α-hetero) is 1. The number of imidazole rings is 1. The molecule has 1 aliphatic heterocycles. The largest absolute Gasteiger partial charge is 0.444 e. The third-order valence-electron chi connectivity index (χ3n) is 4.18. The van der Waals surface area contributed by atoms with Gasteiger partial charge in [0.2, 0.25) is 0 Å². The Morgan fingerprint density at radius 2 is 2.08 bits per heavy atom. The second kappa shape index (κ2) is 6.46. The molecule has 0 radical (unpaired) electrons. The average Bonchev–Trinajstić information content (AvgIpc) is 2.93. The third-order valence-corrected chi connectivity index (χ3v) is 4.18. The topological polar surface area (TPSA) is 77.3 Å². The summed E-state index contributed by atoms with van der Waals surface area (Å²) in [6.45, 7) is 8.21. The van der Waals surface area contributed by atoms with Crippen molar-refractivity contribution < 1.29 is 14.3 Å². The van der Waals surface area contributed by atoms with E-state index in [0.29, 0.717) is 30.1 Å². The molecule has 0 bridgehead atoms. The quantitative estimate of drug-likeness (QED) is 0.782. The Bertz CT molecular complexity index is 806. The highest BCUT2D eigenvalue weighted by molar-refractivity contribution is 5.94. The number of likely N-dealkylation sites (tertiary alicyclic amines) is 1. The third kappa shape index (κ3) is 3.65. The van der Waals surface area contributed by atoms with Crippen LogP contribution in [0.1, 0.15) is 57.2 Å². The van der Waals surface area contributed by atoms with E-state index in [0.717, 1.165) is 12.8 Å². The first-order valence-electron chi connectivity index (χ1n) is 8.58. The number of rotatable bonds is 2. The second-order valence-electron chi connectivity index (χ2n) is 7.43. The molecule has 25 heavy (non-hydrogen) atoms. The van der Waals surface area contributed by atoms with Gasteiger partial charge >= 0.3 is 6.09 Å². The second-order valence-corrected chi connectivity index (χ2v) is 7.43. The molecule has 7 nitrogen and oxygen atoms in total. The number of ether oxygens (including phenoxy) is 1. The highest BCUT2D eigenvalue weighted by Crippen LogP contribution is 2.28. The van der Waals surface area contributed by atoms with Crippen LogP contribution in [0.4, 0.5) is 4.79 Å². The molecule has 0 spiro atoms. The zero-order valence-corrected chi connectivity index (χ0v) is 15.2. The number of carbonyl (C=O) groups excluding carboxylic acids is 2. The highest BCUT2D eigenvalue weighted by Gasteiger charge is 2.31. The summed E-state index contributed by atoms with van der Waals surface area (Å²) < 4.78 is 7.37. The van der Waals surface area contributed by atoms with Crippen molar-refractivity contribution in [3.63, 3.8) is 0 Å². The maximum absolute atomic E-state index is 12.4. The van der Waals surface area contributed by atoms with Crippen molar-refractivity contribution in [3.8, 4) is 0 Å². The smallest absolute Gasteiger partial charge is 0.410 e.